The number of methoxy groups -OCH3 is 1. The van der Waals surface area contributed by atoms with Crippen molar-refractivity contribution in [2.45, 2.75) is 58.9 Å². The van der Waals surface area contributed by atoms with Gasteiger partial charge in [0.15, 0.2) is 5.82 Å². The highest BCUT2D eigenvalue weighted by molar-refractivity contribution is 5.80. The molecule has 0 saturated heterocycles. The fraction of sp³-hybridized carbons (Fsp3) is 0.312. The second-order valence-corrected chi connectivity index (χ2v) is 10.0. The summed E-state index contributed by atoms with van der Waals surface area (Å²) in [4.78, 5) is 14.0. The molecule has 0 aliphatic rings. The highest BCUT2D eigenvalue weighted by Crippen LogP contribution is 2.30. The van der Waals surface area contributed by atoms with Crippen LogP contribution in [0, 0.1) is 0 Å². The van der Waals surface area contributed by atoms with Crippen molar-refractivity contribution in [1.29, 1.82) is 0 Å². The highest BCUT2D eigenvalue weighted by Gasteiger charge is 2.19. The first kappa shape index (κ1) is 27.1. The summed E-state index contributed by atoms with van der Waals surface area (Å²) < 4.78 is 9.43. The standard InChI is InChI=1S/C32H36N6O2/c1-4-6-7-13-26-22-38(30-25(11-5-2)12-10-16-29(30)40-3)32(39)37(26)21-23-17-19-24(20-18-23)27-14-8-9-15-28(27)31-33-35-36-34-31/h8-10,12,14-20,22H,4-7,11,13,21H2,1-3H3,(H,33,34,35,36). The van der Waals surface area contributed by atoms with Gasteiger partial charge < -0.3 is 4.74 Å². The lowest BCUT2D eigenvalue weighted by atomic mass is 9.98. The van der Waals surface area contributed by atoms with E-state index >= 15 is 0 Å². The average molecular weight is 537 g/mol. The first-order valence-corrected chi connectivity index (χ1v) is 14.0. The topological polar surface area (TPSA) is 90.6 Å². The number of H-pyrrole nitrogens is 1. The van der Waals surface area contributed by atoms with Gasteiger partial charge in [-0.15, -0.1) is 5.10 Å². The lowest BCUT2D eigenvalue weighted by Gasteiger charge is -2.13. The van der Waals surface area contributed by atoms with E-state index in [2.05, 4.69) is 70.9 Å². The highest BCUT2D eigenvalue weighted by atomic mass is 16.5. The van der Waals surface area contributed by atoms with Crippen LogP contribution in [-0.4, -0.2) is 36.9 Å². The number of ether oxygens (including phenoxy) is 1. The molecule has 0 saturated carbocycles. The maximum absolute atomic E-state index is 14.0. The maximum Gasteiger partial charge on any atom is 0.333 e. The SMILES string of the molecule is CCCCCc1cn(-c2c(CCC)cccc2OC)c(=O)n1Cc1ccc(-c2ccccc2-c2nnn[nH]2)cc1. The summed E-state index contributed by atoms with van der Waals surface area (Å²) in [7, 11) is 1.66. The number of hydrogen-bond acceptors (Lipinski definition) is 5. The van der Waals surface area contributed by atoms with Crippen LogP contribution in [0.2, 0.25) is 0 Å². The lowest BCUT2D eigenvalue weighted by molar-refractivity contribution is 0.411. The zero-order valence-electron chi connectivity index (χ0n) is 23.4. The number of aromatic amines is 1. The third kappa shape index (κ3) is 5.61. The molecule has 0 aliphatic carbocycles. The number of rotatable bonds is 12. The Bertz CT molecular complexity index is 1600. The lowest BCUT2D eigenvalue weighted by Crippen LogP contribution is -2.25. The Kier molecular flexibility index (Phi) is 8.54. The Balaban J connectivity index is 1.51. The third-order valence-electron chi connectivity index (χ3n) is 7.29. The van der Waals surface area contributed by atoms with Crippen molar-refractivity contribution in [3.63, 3.8) is 0 Å². The minimum Gasteiger partial charge on any atom is -0.495 e. The van der Waals surface area contributed by atoms with Crippen LogP contribution in [0.25, 0.3) is 28.2 Å². The second-order valence-electron chi connectivity index (χ2n) is 10.0. The first-order valence-electron chi connectivity index (χ1n) is 14.0. The Morgan fingerprint density at radius 2 is 1.68 bits per heavy atom. The van der Waals surface area contributed by atoms with Crippen LogP contribution in [0.1, 0.15) is 56.4 Å². The van der Waals surface area contributed by atoms with E-state index in [4.69, 9.17) is 4.74 Å². The molecule has 0 bridgehead atoms. The van der Waals surface area contributed by atoms with E-state index in [0.29, 0.717) is 12.4 Å². The number of unbranched alkanes of at least 4 members (excludes halogenated alkanes) is 2. The van der Waals surface area contributed by atoms with E-state index in [1.165, 1.54) is 0 Å². The quantitative estimate of drug-likeness (QED) is 0.191. The first-order chi connectivity index (χ1) is 19.6. The van der Waals surface area contributed by atoms with Gasteiger partial charge in [0.25, 0.3) is 0 Å². The number of hydrogen-bond donors (Lipinski definition) is 1. The summed E-state index contributed by atoms with van der Waals surface area (Å²) in [6.45, 7) is 4.85. The molecule has 5 aromatic rings. The predicted octanol–water partition coefficient (Wildman–Crippen LogP) is 6.23. The molecule has 206 valence electrons. The smallest absolute Gasteiger partial charge is 0.333 e. The molecule has 2 heterocycles. The summed E-state index contributed by atoms with van der Waals surface area (Å²) in [5.74, 6) is 1.35. The monoisotopic (exact) mass is 536 g/mol. The molecule has 2 aromatic heterocycles. The zero-order chi connectivity index (χ0) is 27.9. The molecule has 3 aromatic carbocycles. The summed E-state index contributed by atoms with van der Waals surface area (Å²) in [6.07, 6.45) is 8.04. The number of nitrogens with zero attached hydrogens (tertiary/aromatic N) is 5. The molecule has 0 spiro atoms. The van der Waals surface area contributed by atoms with Crippen LogP contribution < -0.4 is 10.4 Å². The Labute approximate surface area is 234 Å². The number of tetrazole rings is 1. The van der Waals surface area contributed by atoms with Crippen molar-refractivity contribution in [3.05, 3.63) is 100 Å². The van der Waals surface area contributed by atoms with E-state index < -0.39 is 0 Å². The second kappa shape index (κ2) is 12.6. The van der Waals surface area contributed by atoms with Gasteiger partial charge in [0.1, 0.15) is 5.75 Å². The van der Waals surface area contributed by atoms with Crippen molar-refractivity contribution in [2.24, 2.45) is 0 Å². The summed E-state index contributed by atoms with van der Waals surface area (Å²) in [6, 6.07) is 22.4. The predicted molar refractivity (Wildman–Crippen MR) is 158 cm³/mol. The van der Waals surface area contributed by atoms with E-state index in [1.807, 2.05) is 41.1 Å². The maximum atomic E-state index is 14.0. The normalized spacial score (nSPS) is 11.2. The fourth-order valence-electron chi connectivity index (χ4n) is 5.28. The van der Waals surface area contributed by atoms with Gasteiger partial charge >= 0.3 is 5.69 Å². The van der Waals surface area contributed by atoms with Gasteiger partial charge in [-0.2, -0.15) is 0 Å². The molecule has 8 heteroatoms. The summed E-state index contributed by atoms with van der Waals surface area (Å²) >= 11 is 0. The molecule has 0 aliphatic heterocycles. The molecule has 1 N–H and O–H groups in total. The van der Waals surface area contributed by atoms with Crippen molar-refractivity contribution in [1.82, 2.24) is 29.8 Å². The van der Waals surface area contributed by atoms with Crippen molar-refractivity contribution in [2.75, 3.05) is 7.11 Å². The number of benzene rings is 3. The number of aryl methyl sites for hydroxylation is 2. The van der Waals surface area contributed by atoms with Crippen LogP contribution in [0.15, 0.2) is 77.7 Å². The number of nitrogens with one attached hydrogen (secondary N) is 1. The van der Waals surface area contributed by atoms with E-state index in [1.54, 1.807) is 11.7 Å². The molecular weight excluding hydrogens is 500 g/mol. The van der Waals surface area contributed by atoms with Gasteiger partial charge in [-0.3, -0.25) is 9.13 Å². The van der Waals surface area contributed by atoms with Gasteiger partial charge in [0.2, 0.25) is 0 Å². The number of aromatic nitrogens is 6. The Hall–Kier alpha value is -4.46. The molecule has 0 fully saturated rings. The minimum atomic E-state index is -0.0411. The van der Waals surface area contributed by atoms with Gasteiger partial charge in [-0.1, -0.05) is 93.8 Å². The molecule has 0 unspecified atom stereocenters. The molecule has 0 amide bonds. The zero-order valence-corrected chi connectivity index (χ0v) is 23.4. The van der Waals surface area contributed by atoms with Crippen LogP contribution in [-0.2, 0) is 19.4 Å². The van der Waals surface area contributed by atoms with Gasteiger partial charge in [0, 0.05) is 17.5 Å². The minimum absolute atomic E-state index is 0.0411. The number of imidazole rings is 1. The van der Waals surface area contributed by atoms with Gasteiger partial charge in [-0.05, 0) is 58.0 Å². The molecule has 40 heavy (non-hydrogen) atoms. The van der Waals surface area contributed by atoms with Crippen LogP contribution >= 0.6 is 0 Å². The van der Waals surface area contributed by atoms with E-state index in [9.17, 15) is 4.79 Å². The van der Waals surface area contributed by atoms with Gasteiger partial charge in [-0.25, -0.2) is 9.89 Å². The van der Waals surface area contributed by atoms with E-state index in [-0.39, 0.29) is 5.69 Å². The summed E-state index contributed by atoms with van der Waals surface area (Å²) in [5.41, 5.74) is 7.06. The molecule has 0 radical (unpaired) electrons. The van der Waals surface area contributed by atoms with Gasteiger partial charge in [0.05, 0.1) is 19.3 Å². The van der Waals surface area contributed by atoms with Crippen molar-refractivity contribution >= 4 is 0 Å². The third-order valence-corrected chi connectivity index (χ3v) is 7.29. The van der Waals surface area contributed by atoms with Crippen LogP contribution in [0.4, 0.5) is 0 Å². The fourth-order valence-corrected chi connectivity index (χ4v) is 5.28. The van der Waals surface area contributed by atoms with Crippen molar-refractivity contribution in [3.8, 4) is 34.0 Å². The Morgan fingerprint density at radius 3 is 2.38 bits per heavy atom. The molecular formula is C32H36N6O2. The molecule has 5 rings (SSSR count). The summed E-state index contributed by atoms with van der Waals surface area (Å²) in [5, 5.41) is 14.4. The average Bonchev–Trinajstić information content (AvgIpc) is 3.63. The number of para-hydroxylation sites is 1. The Morgan fingerprint density at radius 1 is 0.875 bits per heavy atom. The van der Waals surface area contributed by atoms with Crippen LogP contribution in [0.3, 0.4) is 0 Å². The van der Waals surface area contributed by atoms with E-state index in [0.717, 1.165) is 83.5 Å². The molecule has 8 nitrogen and oxygen atoms in total. The largest absolute Gasteiger partial charge is 0.495 e. The van der Waals surface area contributed by atoms with Crippen LogP contribution in [0.5, 0.6) is 5.75 Å². The van der Waals surface area contributed by atoms with Crippen molar-refractivity contribution < 1.29 is 4.74 Å². The molecule has 0 atom stereocenters.